The van der Waals surface area contributed by atoms with E-state index in [0.717, 1.165) is 12.1 Å². The summed E-state index contributed by atoms with van der Waals surface area (Å²) in [6.07, 6.45) is 0. The lowest BCUT2D eigenvalue weighted by Crippen LogP contribution is -1.99. The van der Waals surface area contributed by atoms with Gasteiger partial charge in [0.25, 0.3) is 0 Å². The highest BCUT2D eigenvalue weighted by Gasteiger charge is 2.16. The molecule has 2 aromatic carbocycles. The van der Waals surface area contributed by atoms with Crippen molar-refractivity contribution in [3.63, 3.8) is 0 Å². The lowest BCUT2D eigenvalue weighted by atomic mass is 10.0. The SMILES string of the molecule is Cc1cc(F)cc(C(Cl)c2ccc(F)cc2F)c1. The second-order valence-corrected chi connectivity index (χ2v) is 4.53. The summed E-state index contributed by atoms with van der Waals surface area (Å²) >= 11 is 6.10. The van der Waals surface area contributed by atoms with Crippen molar-refractivity contribution in [1.82, 2.24) is 0 Å². The van der Waals surface area contributed by atoms with E-state index in [4.69, 9.17) is 11.6 Å². The second-order valence-electron chi connectivity index (χ2n) is 4.09. The monoisotopic (exact) mass is 270 g/mol. The van der Waals surface area contributed by atoms with Crippen LogP contribution in [0.2, 0.25) is 0 Å². The quantitative estimate of drug-likeness (QED) is 0.692. The highest BCUT2D eigenvalue weighted by molar-refractivity contribution is 6.22. The Morgan fingerprint density at radius 2 is 1.67 bits per heavy atom. The molecule has 1 atom stereocenters. The summed E-state index contributed by atoms with van der Waals surface area (Å²) in [5.41, 5.74) is 1.26. The van der Waals surface area contributed by atoms with Crippen molar-refractivity contribution in [1.29, 1.82) is 0 Å². The highest BCUT2D eigenvalue weighted by Crippen LogP contribution is 2.31. The highest BCUT2D eigenvalue weighted by atomic mass is 35.5. The number of halogens is 4. The molecule has 0 fully saturated rings. The summed E-state index contributed by atoms with van der Waals surface area (Å²) < 4.78 is 39.6. The number of rotatable bonds is 2. The van der Waals surface area contributed by atoms with Crippen molar-refractivity contribution < 1.29 is 13.2 Å². The first-order chi connectivity index (χ1) is 8.47. The van der Waals surface area contributed by atoms with Crippen molar-refractivity contribution in [2.24, 2.45) is 0 Å². The predicted octanol–water partition coefficient (Wildman–Crippen LogP) is 4.74. The van der Waals surface area contributed by atoms with Gasteiger partial charge in [0.1, 0.15) is 17.5 Å². The summed E-state index contributed by atoms with van der Waals surface area (Å²) in [5, 5.41) is -0.847. The Kier molecular flexibility index (Phi) is 3.62. The smallest absolute Gasteiger partial charge is 0.131 e. The fourth-order valence-electron chi connectivity index (χ4n) is 1.80. The van der Waals surface area contributed by atoms with Crippen molar-refractivity contribution in [3.8, 4) is 0 Å². The molecule has 0 N–H and O–H groups in total. The van der Waals surface area contributed by atoms with E-state index in [9.17, 15) is 13.2 Å². The molecule has 1 unspecified atom stereocenters. The molecule has 0 nitrogen and oxygen atoms in total. The van der Waals surface area contributed by atoms with E-state index in [1.54, 1.807) is 13.0 Å². The van der Waals surface area contributed by atoms with Gasteiger partial charge in [0, 0.05) is 11.6 Å². The van der Waals surface area contributed by atoms with Crippen LogP contribution in [0.1, 0.15) is 22.1 Å². The van der Waals surface area contributed by atoms with Gasteiger partial charge in [-0.25, -0.2) is 13.2 Å². The molecule has 0 bridgehead atoms. The molecule has 0 saturated carbocycles. The molecule has 0 amide bonds. The first-order valence-corrected chi connectivity index (χ1v) is 5.77. The minimum absolute atomic E-state index is 0.128. The molecule has 0 heterocycles. The number of benzene rings is 2. The maximum atomic E-state index is 13.6. The molecule has 0 aliphatic rings. The summed E-state index contributed by atoms with van der Waals surface area (Å²) in [5.74, 6) is -1.84. The van der Waals surface area contributed by atoms with Gasteiger partial charge in [0.15, 0.2) is 0 Å². The third-order valence-corrected chi connectivity index (χ3v) is 3.08. The van der Waals surface area contributed by atoms with Crippen LogP contribution < -0.4 is 0 Å². The van der Waals surface area contributed by atoms with E-state index in [1.807, 2.05) is 0 Å². The van der Waals surface area contributed by atoms with Crippen molar-refractivity contribution >= 4 is 11.6 Å². The second kappa shape index (κ2) is 5.02. The van der Waals surface area contributed by atoms with Gasteiger partial charge in [0.2, 0.25) is 0 Å². The molecule has 18 heavy (non-hydrogen) atoms. The average molecular weight is 271 g/mol. The number of hydrogen-bond acceptors (Lipinski definition) is 0. The zero-order valence-electron chi connectivity index (χ0n) is 9.55. The van der Waals surface area contributed by atoms with Crippen LogP contribution in [0, 0.1) is 24.4 Å². The van der Waals surface area contributed by atoms with Crippen LogP contribution in [0.25, 0.3) is 0 Å². The van der Waals surface area contributed by atoms with Crippen molar-refractivity contribution in [3.05, 3.63) is 70.5 Å². The summed E-state index contributed by atoms with van der Waals surface area (Å²) in [7, 11) is 0. The Morgan fingerprint density at radius 3 is 2.28 bits per heavy atom. The first kappa shape index (κ1) is 13.0. The third kappa shape index (κ3) is 2.67. The zero-order chi connectivity index (χ0) is 13.3. The van der Waals surface area contributed by atoms with Crippen molar-refractivity contribution in [2.75, 3.05) is 0 Å². The van der Waals surface area contributed by atoms with Gasteiger partial charge in [-0.15, -0.1) is 11.6 Å². The lowest BCUT2D eigenvalue weighted by molar-refractivity contribution is 0.573. The van der Waals surface area contributed by atoms with E-state index in [1.165, 1.54) is 18.2 Å². The average Bonchev–Trinajstić information content (AvgIpc) is 2.26. The zero-order valence-corrected chi connectivity index (χ0v) is 10.3. The standard InChI is InChI=1S/C14H10ClF3/c1-8-4-9(6-11(17)5-8)14(15)12-3-2-10(16)7-13(12)18/h2-7,14H,1H3. The van der Waals surface area contributed by atoms with Gasteiger partial charge in [0.05, 0.1) is 5.38 Å². The molecular formula is C14H10ClF3. The Balaban J connectivity index is 2.44. The van der Waals surface area contributed by atoms with E-state index >= 15 is 0 Å². The van der Waals surface area contributed by atoms with E-state index < -0.39 is 22.8 Å². The van der Waals surface area contributed by atoms with Crippen LogP contribution >= 0.6 is 11.6 Å². The molecule has 0 saturated heterocycles. The molecule has 4 heteroatoms. The molecule has 94 valence electrons. The van der Waals surface area contributed by atoms with Gasteiger partial charge in [-0.3, -0.25) is 0 Å². The molecular weight excluding hydrogens is 261 g/mol. The number of alkyl halides is 1. The van der Waals surface area contributed by atoms with Gasteiger partial charge < -0.3 is 0 Å². The van der Waals surface area contributed by atoms with Gasteiger partial charge in [-0.1, -0.05) is 12.1 Å². The van der Waals surface area contributed by atoms with Gasteiger partial charge in [-0.2, -0.15) is 0 Å². The van der Waals surface area contributed by atoms with Crippen LogP contribution in [0.5, 0.6) is 0 Å². The first-order valence-electron chi connectivity index (χ1n) is 5.33. The number of hydrogen-bond donors (Lipinski definition) is 0. The lowest BCUT2D eigenvalue weighted by Gasteiger charge is -2.12. The molecule has 0 aliphatic carbocycles. The van der Waals surface area contributed by atoms with Crippen LogP contribution in [0.4, 0.5) is 13.2 Å². The largest absolute Gasteiger partial charge is 0.207 e. The molecule has 2 aromatic rings. The summed E-state index contributed by atoms with van der Waals surface area (Å²) in [6, 6.07) is 7.42. The van der Waals surface area contributed by atoms with Crippen LogP contribution in [0.3, 0.4) is 0 Å². The normalized spacial score (nSPS) is 12.5. The predicted molar refractivity (Wildman–Crippen MR) is 65.2 cm³/mol. The fraction of sp³-hybridized carbons (Fsp3) is 0.143. The van der Waals surface area contributed by atoms with Gasteiger partial charge >= 0.3 is 0 Å². The van der Waals surface area contributed by atoms with Crippen molar-refractivity contribution in [2.45, 2.75) is 12.3 Å². The molecule has 2 rings (SSSR count). The Labute approximate surface area is 108 Å². The van der Waals surface area contributed by atoms with E-state index in [-0.39, 0.29) is 5.56 Å². The minimum atomic E-state index is -0.847. The number of aryl methyl sites for hydroxylation is 1. The Morgan fingerprint density at radius 1 is 0.944 bits per heavy atom. The summed E-state index contributed by atoms with van der Waals surface area (Å²) in [4.78, 5) is 0. The Bertz CT molecular complexity index is 561. The van der Waals surface area contributed by atoms with E-state index in [0.29, 0.717) is 11.1 Å². The van der Waals surface area contributed by atoms with Crippen LogP contribution in [-0.4, -0.2) is 0 Å². The molecule has 0 spiro atoms. The molecule has 0 radical (unpaired) electrons. The summed E-state index contributed by atoms with van der Waals surface area (Å²) in [6.45, 7) is 1.72. The van der Waals surface area contributed by atoms with Gasteiger partial charge in [-0.05, 0) is 36.2 Å². The van der Waals surface area contributed by atoms with E-state index in [2.05, 4.69) is 0 Å². The maximum Gasteiger partial charge on any atom is 0.131 e. The maximum absolute atomic E-state index is 13.6. The molecule has 0 aliphatic heterocycles. The van der Waals surface area contributed by atoms with Crippen LogP contribution in [-0.2, 0) is 0 Å². The van der Waals surface area contributed by atoms with Crippen LogP contribution in [0.15, 0.2) is 36.4 Å². The Hall–Kier alpha value is -1.48. The molecule has 0 aromatic heterocycles. The fourth-order valence-corrected chi connectivity index (χ4v) is 2.10. The minimum Gasteiger partial charge on any atom is -0.207 e. The topological polar surface area (TPSA) is 0 Å². The third-order valence-electron chi connectivity index (χ3n) is 2.59.